The van der Waals surface area contributed by atoms with E-state index in [2.05, 4.69) is 11.2 Å². The molecule has 3 aliphatic heterocycles. The predicted molar refractivity (Wildman–Crippen MR) is 73.6 cm³/mol. The zero-order valence-corrected chi connectivity index (χ0v) is 11.1. The summed E-state index contributed by atoms with van der Waals surface area (Å²) in [6, 6.07) is 7.97. The molecule has 0 aromatic heterocycles. The zero-order chi connectivity index (χ0) is 13.2. The Labute approximate surface area is 113 Å². The Morgan fingerprint density at radius 3 is 2.53 bits per heavy atom. The maximum absolute atomic E-state index is 9.26. The standard InChI is InChI=1S/C15H18N2O2/c1-19-13-4-2-11(3-5-13)10-14-15(16-18)12-6-8-17(14)9-7-12/h2-5,10,12,18H,6-9H2,1H3/p+1. The maximum atomic E-state index is 9.26. The number of ether oxygens (including phenoxy) is 1. The summed E-state index contributed by atoms with van der Waals surface area (Å²) in [6.45, 7) is 2.29. The number of rotatable bonds is 2. The van der Waals surface area contributed by atoms with Crippen LogP contribution in [0.25, 0.3) is 6.08 Å². The monoisotopic (exact) mass is 259 g/mol. The predicted octanol–water partition coefficient (Wildman–Crippen LogP) is 1.17. The van der Waals surface area contributed by atoms with Gasteiger partial charge in [-0.2, -0.15) is 0 Å². The number of nitrogens with zero attached hydrogens (tertiary/aromatic N) is 1. The smallest absolute Gasteiger partial charge is 0.157 e. The molecule has 0 amide bonds. The Hall–Kier alpha value is -1.81. The molecule has 0 atom stereocenters. The summed E-state index contributed by atoms with van der Waals surface area (Å²) in [7, 11) is 1.67. The topological polar surface area (TPSA) is 46.3 Å². The molecule has 3 heterocycles. The van der Waals surface area contributed by atoms with Crippen LogP contribution in [0.4, 0.5) is 0 Å². The third-order valence-corrected chi connectivity index (χ3v) is 4.17. The van der Waals surface area contributed by atoms with Gasteiger partial charge in [-0.05, 0) is 17.7 Å². The Morgan fingerprint density at radius 2 is 1.95 bits per heavy atom. The van der Waals surface area contributed by atoms with Crippen molar-refractivity contribution in [1.82, 2.24) is 0 Å². The van der Waals surface area contributed by atoms with E-state index < -0.39 is 0 Å². The Morgan fingerprint density at radius 1 is 1.26 bits per heavy atom. The maximum Gasteiger partial charge on any atom is 0.157 e. The lowest BCUT2D eigenvalue weighted by atomic mass is 9.83. The average molecular weight is 259 g/mol. The summed E-state index contributed by atoms with van der Waals surface area (Å²) in [5, 5.41) is 12.8. The van der Waals surface area contributed by atoms with Gasteiger partial charge in [-0.15, -0.1) is 0 Å². The van der Waals surface area contributed by atoms with Crippen LogP contribution in [-0.4, -0.2) is 31.1 Å². The van der Waals surface area contributed by atoms with Crippen molar-refractivity contribution in [1.29, 1.82) is 0 Å². The molecule has 0 radical (unpaired) electrons. The van der Waals surface area contributed by atoms with E-state index in [1.165, 1.54) is 4.90 Å². The van der Waals surface area contributed by atoms with Gasteiger partial charge in [0.15, 0.2) is 5.70 Å². The molecule has 100 valence electrons. The van der Waals surface area contributed by atoms with Crippen LogP contribution >= 0.6 is 0 Å². The third kappa shape index (κ3) is 2.24. The third-order valence-electron chi connectivity index (χ3n) is 4.17. The van der Waals surface area contributed by atoms with Gasteiger partial charge >= 0.3 is 0 Å². The van der Waals surface area contributed by atoms with E-state index in [-0.39, 0.29) is 0 Å². The normalized spacial score (nSPS) is 29.9. The average Bonchev–Trinajstić information content (AvgIpc) is 2.49. The van der Waals surface area contributed by atoms with Crippen molar-refractivity contribution in [3.05, 3.63) is 35.5 Å². The molecule has 0 saturated carbocycles. The van der Waals surface area contributed by atoms with Gasteiger partial charge in [-0.3, -0.25) is 0 Å². The van der Waals surface area contributed by atoms with E-state index in [9.17, 15) is 5.21 Å². The van der Waals surface area contributed by atoms with Crippen molar-refractivity contribution in [2.24, 2.45) is 11.1 Å². The molecule has 3 fully saturated rings. The van der Waals surface area contributed by atoms with Gasteiger partial charge < -0.3 is 14.8 Å². The van der Waals surface area contributed by atoms with Crippen molar-refractivity contribution >= 4 is 11.8 Å². The lowest BCUT2D eigenvalue weighted by molar-refractivity contribution is -0.865. The van der Waals surface area contributed by atoms with Crippen molar-refractivity contribution in [2.45, 2.75) is 12.8 Å². The van der Waals surface area contributed by atoms with Gasteiger partial charge in [0.1, 0.15) is 11.5 Å². The fraction of sp³-hybridized carbons (Fsp3) is 0.400. The number of allylic oxidation sites excluding steroid dienone is 1. The van der Waals surface area contributed by atoms with E-state index >= 15 is 0 Å². The van der Waals surface area contributed by atoms with Crippen LogP contribution in [0.15, 0.2) is 35.1 Å². The van der Waals surface area contributed by atoms with Crippen molar-refractivity contribution in [3.8, 4) is 5.75 Å². The zero-order valence-electron chi connectivity index (χ0n) is 11.1. The Balaban J connectivity index is 1.92. The second kappa shape index (κ2) is 5.05. The molecule has 3 aliphatic rings. The second-order valence-corrected chi connectivity index (χ2v) is 5.19. The summed E-state index contributed by atoms with van der Waals surface area (Å²) in [6.07, 6.45) is 4.40. The van der Waals surface area contributed by atoms with E-state index in [1.54, 1.807) is 7.11 Å². The van der Waals surface area contributed by atoms with E-state index in [4.69, 9.17) is 4.74 Å². The molecule has 4 nitrogen and oxygen atoms in total. The fourth-order valence-electron chi connectivity index (χ4n) is 3.09. The molecule has 2 N–H and O–H groups in total. The van der Waals surface area contributed by atoms with Gasteiger partial charge in [-0.25, -0.2) is 0 Å². The number of hydrogen-bond acceptors (Lipinski definition) is 3. The molecule has 1 aromatic carbocycles. The van der Waals surface area contributed by atoms with E-state index in [1.807, 2.05) is 24.3 Å². The second-order valence-electron chi connectivity index (χ2n) is 5.19. The lowest BCUT2D eigenvalue weighted by Crippen LogP contribution is -3.14. The quantitative estimate of drug-likeness (QED) is 0.619. The minimum absolute atomic E-state index is 0.437. The first-order chi connectivity index (χ1) is 9.31. The van der Waals surface area contributed by atoms with Crippen LogP contribution in [0.3, 0.4) is 0 Å². The summed E-state index contributed by atoms with van der Waals surface area (Å²) in [4.78, 5) is 1.44. The molecule has 0 aliphatic carbocycles. The van der Waals surface area contributed by atoms with Crippen molar-refractivity contribution in [2.75, 3.05) is 20.2 Å². The molecule has 3 saturated heterocycles. The fourth-order valence-corrected chi connectivity index (χ4v) is 3.09. The highest BCUT2D eigenvalue weighted by molar-refractivity contribution is 6.03. The number of nitrogens with one attached hydrogen (secondary N) is 1. The Kier molecular flexibility index (Phi) is 3.25. The summed E-state index contributed by atoms with van der Waals surface area (Å²) < 4.78 is 5.16. The van der Waals surface area contributed by atoms with E-state index in [0.29, 0.717) is 5.92 Å². The number of benzene rings is 1. The first kappa shape index (κ1) is 12.2. The number of methoxy groups -OCH3 is 1. The molecular weight excluding hydrogens is 240 g/mol. The van der Waals surface area contributed by atoms with Crippen LogP contribution in [0.2, 0.25) is 0 Å². The van der Waals surface area contributed by atoms with E-state index in [0.717, 1.165) is 48.7 Å². The van der Waals surface area contributed by atoms with Gasteiger partial charge in [0.25, 0.3) is 0 Å². The van der Waals surface area contributed by atoms with Crippen LogP contribution in [0.5, 0.6) is 5.75 Å². The van der Waals surface area contributed by atoms with Gasteiger partial charge in [0.05, 0.1) is 20.2 Å². The van der Waals surface area contributed by atoms with Crippen LogP contribution in [0.1, 0.15) is 18.4 Å². The first-order valence-corrected chi connectivity index (χ1v) is 6.75. The summed E-state index contributed by atoms with van der Waals surface area (Å²) in [5.74, 6) is 1.29. The summed E-state index contributed by atoms with van der Waals surface area (Å²) in [5.41, 5.74) is 3.15. The van der Waals surface area contributed by atoms with Crippen molar-refractivity contribution < 1.29 is 14.8 Å². The number of piperidine rings is 3. The van der Waals surface area contributed by atoms with Crippen LogP contribution < -0.4 is 9.64 Å². The van der Waals surface area contributed by atoms with Crippen LogP contribution in [-0.2, 0) is 0 Å². The molecule has 1 aromatic rings. The number of oxime groups is 1. The molecular formula is C15H19N2O2+. The minimum Gasteiger partial charge on any atom is -0.497 e. The Bertz CT molecular complexity index is 511. The van der Waals surface area contributed by atoms with Gasteiger partial charge in [0, 0.05) is 24.8 Å². The lowest BCUT2D eigenvalue weighted by Gasteiger charge is -2.37. The molecule has 4 heteroatoms. The van der Waals surface area contributed by atoms with Gasteiger partial charge in [0.2, 0.25) is 0 Å². The van der Waals surface area contributed by atoms with Gasteiger partial charge in [-0.1, -0.05) is 17.3 Å². The van der Waals surface area contributed by atoms with Crippen molar-refractivity contribution in [3.63, 3.8) is 0 Å². The molecule has 19 heavy (non-hydrogen) atoms. The van der Waals surface area contributed by atoms with Crippen LogP contribution in [0, 0.1) is 5.92 Å². The molecule has 0 unspecified atom stereocenters. The number of hydrogen-bond donors (Lipinski definition) is 2. The molecule has 4 rings (SSSR count). The highest BCUT2D eigenvalue weighted by Crippen LogP contribution is 2.23. The molecule has 2 bridgehead atoms. The molecule has 0 spiro atoms. The number of fused-ring (bicyclic) bond motifs is 3. The highest BCUT2D eigenvalue weighted by Gasteiger charge is 2.39. The summed E-state index contributed by atoms with van der Waals surface area (Å²) >= 11 is 0. The highest BCUT2D eigenvalue weighted by atomic mass is 16.5. The largest absolute Gasteiger partial charge is 0.497 e. The SMILES string of the molecule is COc1ccc(C=C2C(=NO)C3CC[NH+]2CC3)cc1. The minimum atomic E-state index is 0.437. The first-order valence-electron chi connectivity index (χ1n) is 6.75. The number of quaternary nitrogens is 1.